The van der Waals surface area contributed by atoms with Crippen LogP contribution in [0.15, 0.2) is 17.4 Å². The van der Waals surface area contributed by atoms with Crippen LogP contribution in [0.2, 0.25) is 0 Å². The Hall–Kier alpha value is -1.37. The molecule has 2 rings (SSSR count). The van der Waals surface area contributed by atoms with Gasteiger partial charge in [-0.3, -0.25) is 13.9 Å². The van der Waals surface area contributed by atoms with Crippen LogP contribution in [0.25, 0.3) is 0 Å². The molecule has 0 amide bonds. The van der Waals surface area contributed by atoms with Crippen molar-refractivity contribution in [2.75, 3.05) is 18.8 Å². The van der Waals surface area contributed by atoms with E-state index in [1.807, 2.05) is 30.9 Å². The Morgan fingerprint density at radius 1 is 1.46 bits per heavy atom. The van der Waals surface area contributed by atoms with Gasteiger partial charge in [-0.2, -0.15) is 5.10 Å². The number of aromatic nitrogens is 2. The van der Waals surface area contributed by atoms with Crippen LogP contribution in [-0.4, -0.2) is 50.1 Å². The van der Waals surface area contributed by atoms with E-state index >= 15 is 0 Å². The summed E-state index contributed by atoms with van der Waals surface area (Å²) in [7, 11) is -0.693. The van der Waals surface area contributed by atoms with Gasteiger partial charge in [0.15, 0.2) is 5.96 Å². The molecule has 2 N–H and O–H groups in total. The van der Waals surface area contributed by atoms with Crippen molar-refractivity contribution < 1.29 is 4.21 Å². The van der Waals surface area contributed by atoms with E-state index in [2.05, 4.69) is 27.6 Å². The van der Waals surface area contributed by atoms with Crippen molar-refractivity contribution in [3.63, 3.8) is 0 Å². The molecule has 0 aliphatic heterocycles. The Labute approximate surface area is 148 Å². The molecule has 7 heteroatoms. The standard InChI is InChI=1S/C17H31N5OS/c1-4-18-17(19-9-10-22-13-14(3)12-20-22)21-15-7-6-8-16(11-15)24(23)5-2/h12-13,15-16H,4-11H2,1-3H3,(H2,18,19,21). The van der Waals surface area contributed by atoms with Crippen LogP contribution in [-0.2, 0) is 17.3 Å². The first-order valence-electron chi connectivity index (χ1n) is 9.03. The Morgan fingerprint density at radius 2 is 2.29 bits per heavy atom. The fourth-order valence-electron chi connectivity index (χ4n) is 3.12. The summed E-state index contributed by atoms with van der Waals surface area (Å²) in [6, 6.07) is 0.365. The van der Waals surface area contributed by atoms with Crippen LogP contribution in [0.1, 0.15) is 45.1 Å². The molecule has 1 fully saturated rings. The molecule has 0 aromatic carbocycles. The van der Waals surface area contributed by atoms with Gasteiger partial charge in [-0.25, -0.2) is 0 Å². The lowest BCUT2D eigenvalue weighted by molar-refractivity contribution is 0.413. The maximum absolute atomic E-state index is 12.1. The number of aryl methyl sites for hydroxylation is 1. The first kappa shape index (κ1) is 19.0. The molecule has 1 saturated carbocycles. The van der Waals surface area contributed by atoms with E-state index < -0.39 is 10.8 Å². The summed E-state index contributed by atoms with van der Waals surface area (Å²) in [5.41, 5.74) is 1.17. The van der Waals surface area contributed by atoms with Gasteiger partial charge in [0.25, 0.3) is 0 Å². The van der Waals surface area contributed by atoms with Crippen molar-refractivity contribution in [1.82, 2.24) is 20.4 Å². The highest BCUT2D eigenvalue weighted by atomic mass is 32.2. The zero-order valence-corrected chi connectivity index (χ0v) is 15.9. The summed E-state index contributed by atoms with van der Waals surface area (Å²) < 4.78 is 14.0. The molecule has 1 aromatic heterocycles. The van der Waals surface area contributed by atoms with E-state index in [-0.39, 0.29) is 0 Å². The van der Waals surface area contributed by atoms with Crippen LogP contribution in [0.4, 0.5) is 0 Å². The molecule has 136 valence electrons. The van der Waals surface area contributed by atoms with Gasteiger partial charge in [0, 0.05) is 40.6 Å². The maximum Gasteiger partial charge on any atom is 0.191 e. The van der Waals surface area contributed by atoms with Gasteiger partial charge >= 0.3 is 0 Å². The smallest absolute Gasteiger partial charge is 0.191 e. The lowest BCUT2D eigenvalue weighted by Gasteiger charge is -2.30. The molecule has 3 unspecified atom stereocenters. The number of nitrogens with one attached hydrogen (secondary N) is 2. The number of hydrogen-bond donors (Lipinski definition) is 2. The fourth-order valence-corrected chi connectivity index (χ4v) is 4.47. The van der Waals surface area contributed by atoms with Gasteiger partial charge in [0.05, 0.1) is 19.3 Å². The third kappa shape index (κ3) is 5.92. The molecule has 1 heterocycles. The molecule has 1 aromatic rings. The molecular formula is C17H31N5OS. The average molecular weight is 354 g/mol. The van der Waals surface area contributed by atoms with Gasteiger partial charge in [0.1, 0.15) is 0 Å². The third-order valence-corrected chi connectivity index (χ3v) is 6.07. The average Bonchev–Trinajstić information content (AvgIpc) is 3.00. The van der Waals surface area contributed by atoms with E-state index in [4.69, 9.17) is 0 Å². The zero-order chi connectivity index (χ0) is 17.4. The van der Waals surface area contributed by atoms with Crippen LogP contribution >= 0.6 is 0 Å². The van der Waals surface area contributed by atoms with Gasteiger partial charge in [-0.15, -0.1) is 0 Å². The fraction of sp³-hybridized carbons (Fsp3) is 0.765. The van der Waals surface area contributed by atoms with E-state index in [1.165, 1.54) is 5.56 Å². The molecule has 0 spiro atoms. The minimum Gasteiger partial charge on any atom is -0.357 e. The summed E-state index contributed by atoms with van der Waals surface area (Å²) in [6.07, 6.45) is 8.22. The van der Waals surface area contributed by atoms with Gasteiger partial charge in [0.2, 0.25) is 0 Å². The first-order valence-corrected chi connectivity index (χ1v) is 10.4. The number of aliphatic imine (C=N–C) groups is 1. The predicted molar refractivity (Wildman–Crippen MR) is 101 cm³/mol. The molecule has 3 atom stereocenters. The van der Waals surface area contributed by atoms with Gasteiger partial charge in [-0.1, -0.05) is 13.3 Å². The number of hydrogen-bond acceptors (Lipinski definition) is 3. The Bertz CT molecular complexity index is 557. The lowest BCUT2D eigenvalue weighted by Crippen LogP contribution is -2.46. The van der Waals surface area contributed by atoms with Crippen molar-refractivity contribution >= 4 is 16.8 Å². The molecule has 24 heavy (non-hydrogen) atoms. The number of rotatable bonds is 7. The van der Waals surface area contributed by atoms with Crippen LogP contribution in [0, 0.1) is 6.92 Å². The van der Waals surface area contributed by atoms with Gasteiger partial charge < -0.3 is 10.6 Å². The molecule has 1 aliphatic carbocycles. The molecule has 0 bridgehead atoms. The van der Waals surface area contributed by atoms with E-state index in [0.29, 0.717) is 17.8 Å². The quantitative estimate of drug-likeness (QED) is 0.579. The Kier molecular flexibility index (Phi) is 7.75. The van der Waals surface area contributed by atoms with Crippen molar-refractivity contribution in [2.45, 2.75) is 64.3 Å². The number of nitrogens with zero attached hydrogens (tertiary/aromatic N) is 3. The normalized spacial score (nSPS) is 23.0. The predicted octanol–water partition coefficient (Wildman–Crippen LogP) is 1.83. The Balaban J connectivity index is 1.87. The highest BCUT2D eigenvalue weighted by Gasteiger charge is 2.25. The zero-order valence-electron chi connectivity index (χ0n) is 15.1. The summed E-state index contributed by atoms with van der Waals surface area (Å²) in [5, 5.41) is 11.5. The van der Waals surface area contributed by atoms with Crippen molar-refractivity contribution in [3.8, 4) is 0 Å². The largest absolute Gasteiger partial charge is 0.357 e. The van der Waals surface area contributed by atoms with Crippen LogP contribution < -0.4 is 10.6 Å². The van der Waals surface area contributed by atoms with Crippen molar-refractivity contribution in [3.05, 3.63) is 18.0 Å². The lowest BCUT2D eigenvalue weighted by atomic mass is 9.95. The van der Waals surface area contributed by atoms with Crippen LogP contribution in [0.5, 0.6) is 0 Å². The molecule has 0 radical (unpaired) electrons. The minimum absolute atomic E-state index is 0.330. The minimum atomic E-state index is -0.693. The first-order chi connectivity index (χ1) is 11.6. The summed E-state index contributed by atoms with van der Waals surface area (Å²) in [5.74, 6) is 1.61. The summed E-state index contributed by atoms with van der Waals surface area (Å²) in [4.78, 5) is 4.66. The van der Waals surface area contributed by atoms with Crippen molar-refractivity contribution in [1.29, 1.82) is 0 Å². The summed E-state index contributed by atoms with van der Waals surface area (Å²) >= 11 is 0. The second kappa shape index (κ2) is 9.81. The number of guanidine groups is 1. The van der Waals surface area contributed by atoms with E-state index in [0.717, 1.165) is 50.5 Å². The monoisotopic (exact) mass is 353 g/mol. The molecular weight excluding hydrogens is 322 g/mol. The molecule has 6 nitrogen and oxygen atoms in total. The van der Waals surface area contributed by atoms with Crippen molar-refractivity contribution in [2.24, 2.45) is 4.99 Å². The van der Waals surface area contributed by atoms with E-state index in [9.17, 15) is 4.21 Å². The second-order valence-corrected chi connectivity index (χ2v) is 8.35. The molecule has 1 aliphatic rings. The SMILES string of the molecule is CCNC(=NCCn1cc(C)cn1)NC1CCCC(S(=O)CC)C1. The van der Waals surface area contributed by atoms with Crippen LogP contribution in [0.3, 0.4) is 0 Å². The summed E-state index contributed by atoms with van der Waals surface area (Å²) in [6.45, 7) is 8.42. The third-order valence-electron chi connectivity index (χ3n) is 4.33. The molecule has 0 saturated heterocycles. The van der Waals surface area contributed by atoms with Gasteiger partial charge in [-0.05, 0) is 38.7 Å². The highest BCUT2D eigenvalue weighted by Crippen LogP contribution is 2.22. The maximum atomic E-state index is 12.1. The van der Waals surface area contributed by atoms with E-state index in [1.54, 1.807) is 0 Å². The Morgan fingerprint density at radius 3 is 2.96 bits per heavy atom. The highest BCUT2D eigenvalue weighted by molar-refractivity contribution is 7.85. The topological polar surface area (TPSA) is 71.3 Å². The second-order valence-electron chi connectivity index (χ2n) is 6.34.